The average Bonchev–Trinajstić information content (AvgIpc) is 3.05. The minimum absolute atomic E-state index is 0.0584. The zero-order valence-corrected chi connectivity index (χ0v) is 14.8. The molecule has 1 aliphatic heterocycles. The van der Waals surface area contributed by atoms with Crippen molar-refractivity contribution in [2.24, 2.45) is 5.92 Å². The first-order valence-electron chi connectivity index (χ1n) is 8.09. The number of aryl methyl sites for hydroxylation is 1. The Labute approximate surface area is 152 Å². The molecule has 1 atom stereocenters. The standard InChI is InChI=1S/C16H17F3N4O2S/c1-10-13(26-22-21-10)15(24)23-7-3-4-11(8-23)9-25-14-12(16(17,18)19)5-2-6-20-14/h2,5-6,11H,3-4,7-9H2,1H3. The number of amides is 1. The summed E-state index contributed by atoms with van der Waals surface area (Å²) in [7, 11) is 0. The van der Waals surface area contributed by atoms with Gasteiger partial charge >= 0.3 is 6.18 Å². The molecule has 1 fully saturated rings. The van der Waals surface area contributed by atoms with E-state index in [0.29, 0.717) is 23.7 Å². The lowest BCUT2D eigenvalue weighted by atomic mass is 9.98. The van der Waals surface area contributed by atoms with Crippen molar-refractivity contribution in [2.45, 2.75) is 25.9 Å². The Bertz CT molecular complexity index is 781. The summed E-state index contributed by atoms with van der Waals surface area (Å²) in [5.41, 5.74) is -0.309. The first kappa shape index (κ1) is 18.6. The van der Waals surface area contributed by atoms with Gasteiger partial charge in [0.05, 0.1) is 12.3 Å². The molecule has 3 rings (SSSR count). The second-order valence-corrected chi connectivity index (χ2v) is 6.87. The van der Waals surface area contributed by atoms with Crippen LogP contribution in [0.3, 0.4) is 0 Å². The van der Waals surface area contributed by atoms with Crippen LogP contribution in [0.4, 0.5) is 13.2 Å². The Kier molecular flexibility index (Phi) is 5.40. The first-order chi connectivity index (χ1) is 12.4. The first-order valence-corrected chi connectivity index (χ1v) is 8.87. The number of nitrogens with zero attached hydrogens (tertiary/aromatic N) is 4. The van der Waals surface area contributed by atoms with Crippen LogP contribution in [0.2, 0.25) is 0 Å². The molecule has 1 saturated heterocycles. The summed E-state index contributed by atoms with van der Waals surface area (Å²) in [6.07, 6.45) is -1.72. The normalized spacial score (nSPS) is 18.0. The van der Waals surface area contributed by atoms with Gasteiger partial charge in [-0.3, -0.25) is 4.79 Å². The lowest BCUT2D eigenvalue weighted by molar-refractivity contribution is -0.139. The third-order valence-corrected chi connectivity index (χ3v) is 5.00. The molecule has 2 aromatic rings. The molecule has 0 saturated carbocycles. The number of pyridine rings is 1. The monoisotopic (exact) mass is 386 g/mol. The number of piperidine rings is 1. The quantitative estimate of drug-likeness (QED) is 0.807. The van der Waals surface area contributed by atoms with Gasteiger partial charge in [-0.1, -0.05) is 4.49 Å². The maximum Gasteiger partial charge on any atom is 0.421 e. The number of carbonyl (C=O) groups is 1. The highest BCUT2D eigenvalue weighted by molar-refractivity contribution is 7.07. The largest absolute Gasteiger partial charge is 0.477 e. The second-order valence-electron chi connectivity index (χ2n) is 6.11. The molecule has 2 aromatic heterocycles. The fraction of sp³-hybridized carbons (Fsp3) is 0.500. The molecule has 10 heteroatoms. The highest BCUT2D eigenvalue weighted by Gasteiger charge is 2.35. The van der Waals surface area contributed by atoms with Crippen LogP contribution in [0.5, 0.6) is 5.88 Å². The molecule has 0 N–H and O–H groups in total. The Morgan fingerprint density at radius 2 is 2.27 bits per heavy atom. The molecular weight excluding hydrogens is 369 g/mol. The highest BCUT2D eigenvalue weighted by atomic mass is 32.1. The summed E-state index contributed by atoms with van der Waals surface area (Å²) >= 11 is 1.05. The third kappa shape index (κ3) is 4.12. The maximum atomic E-state index is 13.0. The van der Waals surface area contributed by atoms with Gasteiger partial charge in [0, 0.05) is 25.2 Å². The number of carbonyl (C=O) groups excluding carboxylic acids is 1. The summed E-state index contributed by atoms with van der Waals surface area (Å²) < 4.78 is 48.1. The molecule has 0 aliphatic carbocycles. The zero-order valence-electron chi connectivity index (χ0n) is 14.0. The lowest BCUT2D eigenvalue weighted by Crippen LogP contribution is -2.41. The molecule has 26 heavy (non-hydrogen) atoms. The van der Waals surface area contributed by atoms with Gasteiger partial charge in [-0.05, 0) is 43.4 Å². The summed E-state index contributed by atoms with van der Waals surface area (Å²) in [6, 6.07) is 2.17. The molecule has 6 nitrogen and oxygen atoms in total. The topological polar surface area (TPSA) is 68.2 Å². The SMILES string of the molecule is Cc1nnsc1C(=O)N1CCCC(COc2ncccc2C(F)(F)F)C1. The fourth-order valence-electron chi connectivity index (χ4n) is 2.88. The Morgan fingerprint density at radius 1 is 1.46 bits per heavy atom. The highest BCUT2D eigenvalue weighted by Crippen LogP contribution is 2.35. The van der Waals surface area contributed by atoms with Crippen molar-refractivity contribution in [3.05, 3.63) is 34.5 Å². The minimum Gasteiger partial charge on any atom is -0.477 e. The summed E-state index contributed by atoms with van der Waals surface area (Å²) in [5.74, 6) is -0.626. The number of likely N-dealkylation sites (tertiary alicyclic amines) is 1. The summed E-state index contributed by atoms with van der Waals surface area (Å²) in [5, 5.41) is 3.84. The van der Waals surface area contributed by atoms with Gasteiger partial charge in [0.15, 0.2) is 0 Å². The van der Waals surface area contributed by atoms with E-state index >= 15 is 0 Å². The van der Waals surface area contributed by atoms with Gasteiger partial charge in [-0.25, -0.2) is 4.98 Å². The minimum atomic E-state index is -4.52. The van der Waals surface area contributed by atoms with E-state index in [1.165, 1.54) is 12.3 Å². The van der Waals surface area contributed by atoms with Crippen molar-refractivity contribution in [1.82, 2.24) is 19.5 Å². The number of hydrogen-bond acceptors (Lipinski definition) is 6. The average molecular weight is 386 g/mol. The van der Waals surface area contributed by atoms with E-state index in [2.05, 4.69) is 14.6 Å². The molecule has 3 heterocycles. The van der Waals surface area contributed by atoms with Crippen LogP contribution >= 0.6 is 11.5 Å². The maximum absolute atomic E-state index is 13.0. The molecular formula is C16H17F3N4O2S. The molecule has 1 unspecified atom stereocenters. The molecule has 1 aliphatic rings. The van der Waals surface area contributed by atoms with Crippen LogP contribution in [-0.4, -0.2) is 45.1 Å². The van der Waals surface area contributed by atoms with E-state index in [-0.39, 0.29) is 18.4 Å². The van der Waals surface area contributed by atoms with E-state index in [1.54, 1.807) is 11.8 Å². The van der Waals surface area contributed by atoms with Gasteiger partial charge in [-0.2, -0.15) is 13.2 Å². The van der Waals surface area contributed by atoms with Crippen LogP contribution in [0.15, 0.2) is 18.3 Å². The number of halogens is 3. The molecule has 140 valence electrons. The van der Waals surface area contributed by atoms with Crippen LogP contribution in [0.25, 0.3) is 0 Å². The molecule has 0 bridgehead atoms. The predicted molar refractivity (Wildman–Crippen MR) is 88.0 cm³/mol. The Morgan fingerprint density at radius 3 is 2.96 bits per heavy atom. The van der Waals surface area contributed by atoms with E-state index < -0.39 is 17.6 Å². The van der Waals surface area contributed by atoms with Gasteiger partial charge < -0.3 is 9.64 Å². The Hall–Kier alpha value is -2.23. The zero-order chi connectivity index (χ0) is 18.7. The lowest BCUT2D eigenvalue weighted by Gasteiger charge is -2.32. The van der Waals surface area contributed by atoms with Crippen molar-refractivity contribution >= 4 is 17.4 Å². The van der Waals surface area contributed by atoms with Gasteiger partial charge in [0.1, 0.15) is 10.4 Å². The van der Waals surface area contributed by atoms with Crippen LogP contribution in [-0.2, 0) is 6.18 Å². The Balaban J connectivity index is 1.63. The van der Waals surface area contributed by atoms with E-state index in [4.69, 9.17) is 4.74 Å². The fourth-order valence-corrected chi connectivity index (χ4v) is 3.50. The van der Waals surface area contributed by atoms with Gasteiger partial charge in [0.2, 0.25) is 5.88 Å². The smallest absolute Gasteiger partial charge is 0.421 e. The second kappa shape index (κ2) is 7.56. The van der Waals surface area contributed by atoms with Crippen LogP contribution < -0.4 is 4.74 Å². The third-order valence-electron chi connectivity index (χ3n) is 4.18. The summed E-state index contributed by atoms with van der Waals surface area (Å²) in [6.45, 7) is 2.82. The van der Waals surface area contributed by atoms with E-state index in [0.717, 1.165) is 30.4 Å². The number of ether oxygens (including phenoxy) is 1. The van der Waals surface area contributed by atoms with Crippen LogP contribution in [0.1, 0.15) is 33.8 Å². The number of alkyl halides is 3. The molecule has 1 amide bonds. The van der Waals surface area contributed by atoms with Crippen molar-refractivity contribution in [2.75, 3.05) is 19.7 Å². The van der Waals surface area contributed by atoms with Gasteiger partial charge in [-0.15, -0.1) is 5.10 Å². The van der Waals surface area contributed by atoms with Gasteiger partial charge in [0.25, 0.3) is 5.91 Å². The number of aromatic nitrogens is 3. The van der Waals surface area contributed by atoms with Crippen LogP contribution in [0, 0.1) is 12.8 Å². The van der Waals surface area contributed by atoms with Crippen molar-refractivity contribution in [3.63, 3.8) is 0 Å². The molecule has 0 aromatic carbocycles. The molecule has 0 radical (unpaired) electrons. The van der Waals surface area contributed by atoms with Crippen molar-refractivity contribution < 1.29 is 22.7 Å². The van der Waals surface area contributed by atoms with Crippen molar-refractivity contribution in [1.29, 1.82) is 0 Å². The number of rotatable bonds is 4. The number of hydrogen-bond donors (Lipinski definition) is 0. The van der Waals surface area contributed by atoms with E-state index in [1.807, 2.05) is 0 Å². The van der Waals surface area contributed by atoms with Crippen molar-refractivity contribution in [3.8, 4) is 5.88 Å². The molecule has 0 spiro atoms. The van der Waals surface area contributed by atoms with E-state index in [9.17, 15) is 18.0 Å². The predicted octanol–water partition coefficient (Wildman–Crippen LogP) is 3.19. The summed E-state index contributed by atoms with van der Waals surface area (Å²) in [4.78, 5) is 18.4.